The van der Waals surface area contributed by atoms with E-state index in [2.05, 4.69) is 27.4 Å². The summed E-state index contributed by atoms with van der Waals surface area (Å²) in [7, 11) is 0. The Kier molecular flexibility index (Phi) is 8.06. The predicted octanol–water partition coefficient (Wildman–Crippen LogP) is 4.61. The fourth-order valence-corrected chi connectivity index (χ4v) is 4.27. The number of hydrogen-bond donors (Lipinski definition) is 2. The van der Waals surface area contributed by atoms with Crippen LogP contribution in [0.5, 0.6) is 0 Å². The zero-order valence-corrected chi connectivity index (χ0v) is 20.2. The number of aryl methyl sites for hydroxylation is 3. The summed E-state index contributed by atoms with van der Waals surface area (Å²) in [6.07, 6.45) is 1.74. The van der Waals surface area contributed by atoms with Gasteiger partial charge < -0.3 is 15.2 Å². The van der Waals surface area contributed by atoms with Gasteiger partial charge in [-0.1, -0.05) is 54.2 Å². The maximum Gasteiger partial charge on any atom is 0.252 e. The molecule has 0 spiro atoms. The zero-order chi connectivity index (χ0) is 24.0. The maximum absolute atomic E-state index is 12.7. The van der Waals surface area contributed by atoms with E-state index in [0.717, 1.165) is 22.4 Å². The number of nitrogens with zero attached hydrogens (tertiary/aromatic N) is 3. The smallest absolute Gasteiger partial charge is 0.252 e. The summed E-state index contributed by atoms with van der Waals surface area (Å²) in [5, 5.41) is 15.1. The van der Waals surface area contributed by atoms with Gasteiger partial charge in [0.05, 0.1) is 11.8 Å². The minimum atomic E-state index is -0.373. The van der Waals surface area contributed by atoms with Crippen LogP contribution in [-0.2, 0) is 11.3 Å². The molecule has 0 radical (unpaired) electrons. The van der Waals surface area contributed by atoms with E-state index in [9.17, 15) is 9.59 Å². The molecule has 2 amide bonds. The lowest BCUT2D eigenvalue weighted by atomic mass is 10.1. The third-order valence-corrected chi connectivity index (χ3v) is 6.23. The highest BCUT2D eigenvalue weighted by atomic mass is 32.2. The first-order valence-electron chi connectivity index (χ1n) is 10.7. The summed E-state index contributed by atoms with van der Waals surface area (Å²) < 4.78 is 1.87. The second-order valence-corrected chi connectivity index (χ2v) is 8.80. The van der Waals surface area contributed by atoms with Crippen LogP contribution < -0.4 is 10.6 Å². The number of nitrogens with one attached hydrogen (secondary N) is 2. The summed E-state index contributed by atoms with van der Waals surface area (Å²) in [6.45, 7) is 12.0. The second kappa shape index (κ2) is 11.0. The van der Waals surface area contributed by atoms with Gasteiger partial charge in [-0.15, -0.1) is 16.8 Å². The number of anilines is 1. The average Bonchev–Trinajstić information content (AvgIpc) is 3.18. The van der Waals surface area contributed by atoms with E-state index in [-0.39, 0.29) is 23.6 Å². The van der Waals surface area contributed by atoms with Crippen molar-refractivity contribution in [2.24, 2.45) is 0 Å². The molecule has 0 unspecified atom stereocenters. The van der Waals surface area contributed by atoms with Crippen molar-refractivity contribution in [3.05, 3.63) is 83.2 Å². The highest BCUT2D eigenvalue weighted by Gasteiger charge is 2.21. The molecular formula is C25H29N5O2S. The van der Waals surface area contributed by atoms with Gasteiger partial charge in [0, 0.05) is 17.8 Å². The number of para-hydroxylation sites is 1. The van der Waals surface area contributed by atoms with Crippen LogP contribution in [0.2, 0.25) is 0 Å². The SMILES string of the molecule is C=CCn1c(SCC(=O)Nc2c(C)cccc2C)nnc1[C@H](C)NC(=O)c1ccccc1C. The number of aromatic nitrogens is 3. The molecule has 0 aliphatic carbocycles. The average molecular weight is 464 g/mol. The van der Waals surface area contributed by atoms with Crippen molar-refractivity contribution in [1.82, 2.24) is 20.1 Å². The molecule has 0 saturated heterocycles. The number of allylic oxidation sites excluding steroid dienone is 1. The fourth-order valence-electron chi connectivity index (χ4n) is 3.51. The molecule has 0 aliphatic heterocycles. The molecule has 33 heavy (non-hydrogen) atoms. The van der Waals surface area contributed by atoms with E-state index in [1.54, 1.807) is 12.1 Å². The monoisotopic (exact) mass is 463 g/mol. The van der Waals surface area contributed by atoms with Crippen molar-refractivity contribution in [1.29, 1.82) is 0 Å². The Balaban J connectivity index is 1.69. The molecule has 8 heteroatoms. The molecule has 7 nitrogen and oxygen atoms in total. The summed E-state index contributed by atoms with van der Waals surface area (Å²) in [5.41, 5.74) is 4.40. The molecule has 3 aromatic rings. The highest BCUT2D eigenvalue weighted by Crippen LogP contribution is 2.23. The van der Waals surface area contributed by atoms with Crippen LogP contribution in [0, 0.1) is 20.8 Å². The second-order valence-electron chi connectivity index (χ2n) is 7.85. The molecule has 1 aromatic heterocycles. The van der Waals surface area contributed by atoms with E-state index in [1.165, 1.54) is 11.8 Å². The molecule has 0 saturated carbocycles. The van der Waals surface area contributed by atoms with E-state index < -0.39 is 0 Å². The van der Waals surface area contributed by atoms with Crippen molar-refractivity contribution in [3.8, 4) is 0 Å². The largest absolute Gasteiger partial charge is 0.342 e. The Hall–Kier alpha value is -3.39. The number of carbonyl (C=O) groups is 2. The van der Waals surface area contributed by atoms with Gasteiger partial charge in [-0.25, -0.2) is 0 Å². The highest BCUT2D eigenvalue weighted by molar-refractivity contribution is 7.99. The lowest BCUT2D eigenvalue weighted by molar-refractivity contribution is -0.113. The van der Waals surface area contributed by atoms with Crippen molar-refractivity contribution in [2.45, 2.75) is 45.4 Å². The van der Waals surface area contributed by atoms with Gasteiger partial charge in [0.1, 0.15) is 0 Å². The molecule has 0 bridgehead atoms. The first-order valence-corrected chi connectivity index (χ1v) is 11.7. The van der Waals surface area contributed by atoms with Crippen LogP contribution in [0.25, 0.3) is 0 Å². The number of thioether (sulfide) groups is 1. The van der Waals surface area contributed by atoms with Gasteiger partial charge in [-0.2, -0.15) is 0 Å². The summed E-state index contributed by atoms with van der Waals surface area (Å²) in [6, 6.07) is 13.0. The Morgan fingerprint density at radius 2 is 1.73 bits per heavy atom. The maximum atomic E-state index is 12.7. The fraction of sp³-hybridized carbons (Fsp3) is 0.280. The third-order valence-electron chi connectivity index (χ3n) is 5.26. The van der Waals surface area contributed by atoms with Crippen LogP contribution in [-0.4, -0.2) is 32.3 Å². The number of amides is 2. The molecule has 2 aromatic carbocycles. The van der Waals surface area contributed by atoms with E-state index >= 15 is 0 Å². The lowest BCUT2D eigenvalue weighted by Gasteiger charge is -2.16. The molecule has 0 fully saturated rings. The third kappa shape index (κ3) is 5.90. The van der Waals surface area contributed by atoms with Crippen LogP contribution in [0.1, 0.15) is 45.8 Å². The van der Waals surface area contributed by atoms with Crippen LogP contribution in [0.3, 0.4) is 0 Å². The number of benzene rings is 2. The molecule has 1 atom stereocenters. The minimum absolute atomic E-state index is 0.118. The van der Waals surface area contributed by atoms with E-state index in [4.69, 9.17) is 0 Å². The summed E-state index contributed by atoms with van der Waals surface area (Å²) in [4.78, 5) is 25.3. The van der Waals surface area contributed by atoms with Crippen molar-refractivity contribution in [3.63, 3.8) is 0 Å². The number of hydrogen-bond acceptors (Lipinski definition) is 5. The first kappa shape index (κ1) is 24.3. The van der Waals surface area contributed by atoms with Crippen LogP contribution >= 0.6 is 11.8 Å². The first-order chi connectivity index (χ1) is 15.8. The van der Waals surface area contributed by atoms with Crippen LogP contribution in [0.4, 0.5) is 5.69 Å². The topological polar surface area (TPSA) is 88.9 Å². The summed E-state index contributed by atoms with van der Waals surface area (Å²) in [5.74, 6) is 0.505. The molecule has 2 N–H and O–H groups in total. The van der Waals surface area contributed by atoms with Gasteiger partial charge in [0.15, 0.2) is 11.0 Å². The predicted molar refractivity (Wildman–Crippen MR) is 133 cm³/mol. The normalized spacial score (nSPS) is 11.6. The van der Waals surface area contributed by atoms with Crippen molar-refractivity contribution in [2.75, 3.05) is 11.1 Å². The van der Waals surface area contributed by atoms with E-state index in [1.807, 2.05) is 68.7 Å². The molecule has 172 valence electrons. The molecule has 1 heterocycles. The van der Waals surface area contributed by atoms with E-state index in [0.29, 0.717) is 23.1 Å². The minimum Gasteiger partial charge on any atom is -0.342 e. The number of rotatable bonds is 9. The quantitative estimate of drug-likeness (QED) is 0.357. The number of carbonyl (C=O) groups excluding carboxylic acids is 2. The summed E-state index contributed by atoms with van der Waals surface area (Å²) >= 11 is 1.30. The van der Waals surface area contributed by atoms with Crippen molar-refractivity contribution >= 4 is 29.3 Å². The van der Waals surface area contributed by atoms with Crippen molar-refractivity contribution < 1.29 is 9.59 Å². The molecule has 0 aliphatic rings. The van der Waals surface area contributed by atoms with Gasteiger partial charge in [0.25, 0.3) is 5.91 Å². The Bertz CT molecular complexity index is 1150. The van der Waals surface area contributed by atoms with Gasteiger partial charge >= 0.3 is 0 Å². The van der Waals surface area contributed by atoms with Gasteiger partial charge in [0.2, 0.25) is 5.91 Å². The standard InChI is InChI=1S/C25H29N5O2S/c1-6-14-30-23(19(5)26-24(32)20-13-8-7-10-16(20)2)28-29-25(30)33-15-21(31)27-22-17(3)11-9-12-18(22)4/h6-13,19H,1,14-15H2,2-5H3,(H,26,32)(H,27,31)/t19-/m0/s1. The Labute approximate surface area is 198 Å². The van der Waals surface area contributed by atoms with Gasteiger partial charge in [-0.3, -0.25) is 9.59 Å². The van der Waals surface area contributed by atoms with Crippen LogP contribution in [0.15, 0.2) is 60.3 Å². The van der Waals surface area contributed by atoms with Gasteiger partial charge in [-0.05, 0) is 50.5 Å². The Morgan fingerprint density at radius 1 is 1.06 bits per heavy atom. The zero-order valence-electron chi connectivity index (χ0n) is 19.4. The molecule has 3 rings (SSSR count). The Morgan fingerprint density at radius 3 is 2.39 bits per heavy atom. The lowest BCUT2D eigenvalue weighted by Crippen LogP contribution is -2.29. The molecular weight excluding hydrogens is 434 g/mol.